The molecule has 7 heteroatoms. The number of rotatable bonds is 4. The van der Waals surface area contributed by atoms with Crippen molar-refractivity contribution < 1.29 is 8.42 Å². The molecule has 0 atom stereocenters. The fourth-order valence-corrected chi connectivity index (χ4v) is 2.91. The van der Waals surface area contributed by atoms with Crippen LogP contribution < -0.4 is 10.0 Å². The van der Waals surface area contributed by atoms with Crippen molar-refractivity contribution in [1.29, 1.82) is 0 Å². The first-order valence-electron chi connectivity index (χ1n) is 6.68. The highest BCUT2D eigenvalue weighted by Crippen LogP contribution is 2.19. The van der Waals surface area contributed by atoms with Crippen molar-refractivity contribution in [1.82, 2.24) is 4.98 Å². The maximum absolute atomic E-state index is 12.2. The van der Waals surface area contributed by atoms with E-state index in [4.69, 9.17) is 11.6 Å². The van der Waals surface area contributed by atoms with Crippen molar-refractivity contribution in [2.45, 2.75) is 31.2 Å². The summed E-state index contributed by atoms with van der Waals surface area (Å²) in [6, 6.07) is 9.36. The molecule has 0 radical (unpaired) electrons. The number of halogens is 1. The fraction of sp³-hybridized carbons (Fsp3) is 0.267. The van der Waals surface area contributed by atoms with Gasteiger partial charge in [-0.3, -0.25) is 4.72 Å². The van der Waals surface area contributed by atoms with E-state index in [1.165, 1.54) is 30.5 Å². The smallest absolute Gasteiger partial charge is 0.261 e. The lowest BCUT2D eigenvalue weighted by Crippen LogP contribution is -2.26. The lowest BCUT2D eigenvalue weighted by molar-refractivity contribution is 0.601. The molecule has 0 bridgehead atoms. The first kappa shape index (κ1) is 16.6. The van der Waals surface area contributed by atoms with E-state index in [1.807, 2.05) is 20.8 Å². The van der Waals surface area contributed by atoms with Crippen LogP contribution in [-0.4, -0.2) is 18.9 Å². The van der Waals surface area contributed by atoms with Gasteiger partial charge in [0, 0.05) is 10.6 Å². The fourth-order valence-electron chi connectivity index (χ4n) is 1.74. The number of nitrogens with zero attached hydrogens (tertiary/aromatic N) is 1. The number of nitrogens with one attached hydrogen (secondary N) is 2. The maximum atomic E-state index is 12.2. The van der Waals surface area contributed by atoms with Crippen LogP contribution in [0.25, 0.3) is 0 Å². The zero-order valence-electron chi connectivity index (χ0n) is 12.6. The van der Waals surface area contributed by atoms with E-state index >= 15 is 0 Å². The van der Waals surface area contributed by atoms with Crippen molar-refractivity contribution in [3.8, 4) is 0 Å². The van der Waals surface area contributed by atoms with E-state index in [-0.39, 0.29) is 10.4 Å². The van der Waals surface area contributed by atoms with Gasteiger partial charge in [-0.25, -0.2) is 13.4 Å². The van der Waals surface area contributed by atoms with Crippen molar-refractivity contribution in [2.75, 3.05) is 10.0 Å². The van der Waals surface area contributed by atoms with E-state index in [2.05, 4.69) is 15.0 Å². The van der Waals surface area contributed by atoms with Crippen LogP contribution in [0.4, 0.5) is 11.5 Å². The molecule has 0 aliphatic heterocycles. The number of hydrogen-bond acceptors (Lipinski definition) is 4. The van der Waals surface area contributed by atoms with Crippen LogP contribution >= 0.6 is 11.6 Å². The molecule has 0 unspecified atom stereocenters. The summed E-state index contributed by atoms with van der Waals surface area (Å²) in [4.78, 5) is 4.34. The number of benzene rings is 1. The third kappa shape index (κ3) is 4.61. The Kier molecular flexibility index (Phi) is 4.63. The lowest BCUT2D eigenvalue weighted by Gasteiger charge is -2.21. The minimum absolute atomic E-state index is 0.114. The van der Waals surface area contributed by atoms with Gasteiger partial charge in [0.25, 0.3) is 10.0 Å². The summed E-state index contributed by atoms with van der Waals surface area (Å²) in [5.41, 5.74) is 0.284. The van der Waals surface area contributed by atoms with Gasteiger partial charge in [-0.05, 0) is 57.2 Å². The summed E-state index contributed by atoms with van der Waals surface area (Å²) in [5, 5.41) is 3.69. The first-order valence-corrected chi connectivity index (χ1v) is 8.54. The average Bonchev–Trinajstić information content (AvgIpc) is 2.39. The van der Waals surface area contributed by atoms with Crippen LogP contribution in [0.3, 0.4) is 0 Å². The van der Waals surface area contributed by atoms with Crippen LogP contribution in [0.5, 0.6) is 0 Å². The van der Waals surface area contributed by atoms with Gasteiger partial charge in [0.05, 0.1) is 16.8 Å². The molecule has 118 valence electrons. The van der Waals surface area contributed by atoms with E-state index in [0.29, 0.717) is 16.5 Å². The summed E-state index contributed by atoms with van der Waals surface area (Å²) in [5.74, 6) is 0.682. The second-order valence-electron chi connectivity index (χ2n) is 5.87. The number of aromatic nitrogens is 1. The van der Waals surface area contributed by atoms with Crippen molar-refractivity contribution >= 4 is 33.1 Å². The summed E-state index contributed by atoms with van der Waals surface area (Å²) in [7, 11) is -3.65. The quantitative estimate of drug-likeness (QED) is 0.890. The Balaban J connectivity index is 2.14. The molecule has 2 N–H and O–H groups in total. The Morgan fingerprint density at radius 1 is 1.05 bits per heavy atom. The molecule has 1 aromatic carbocycles. The van der Waals surface area contributed by atoms with E-state index < -0.39 is 10.0 Å². The molecule has 0 aliphatic rings. The zero-order chi connectivity index (χ0) is 16.4. The zero-order valence-corrected chi connectivity index (χ0v) is 14.2. The third-order valence-corrected chi connectivity index (χ3v) is 4.29. The van der Waals surface area contributed by atoms with Crippen LogP contribution in [0, 0.1) is 0 Å². The normalized spacial score (nSPS) is 12.0. The van der Waals surface area contributed by atoms with Gasteiger partial charge in [0.1, 0.15) is 5.82 Å². The molecule has 1 heterocycles. The summed E-state index contributed by atoms with van der Waals surface area (Å²) >= 11 is 5.76. The van der Waals surface area contributed by atoms with Gasteiger partial charge >= 0.3 is 0 Å². The molecule has 2 aromatic rings. The highest BCUT2D eigenvalue weighted by molar-refractivity contribution is 7.92. The summed E-state index contributed by atoms with van der Waals surface area (Å²) in [6.45, 7) is 6.06. The number of sulfonamides is 1. The van der Waals surface area contributed by atoms with E-state index in [9.17, 15) is 8.42 Å². The van der Waals surface area contributed by atoms with Crippen LogP contribution in [-0.2, 0) is 10.0 Å². The monoisotopic (exact) mass is 339 g/mol. The largest absolute Gasteiger partial charge is 0.365 e. The Bertz CT molecular complexity index is 736. The van der Waals surface area contributed by atoms with Crippen LogP contribution in [0.1, 0.15) is 20.8 Å². The standard InChI is InChI=1S/C15H18ClN3O2S/c1-15(2,3)18-14-9-6-12(10-17-14)19-22(20,21)13-7-4-11(16)5-8-13/h4-10,19H,1-3H3,(H,17,18). The van der Waals surface area contributed by atoms with Gasteiger partial charge in [-0.1, -0.05) is 11.6 Å². The number of hydrogen-bond donors (Lipinski definition) is 2. The number of anilines is 2. The van der Waals surface area contributed by atoms with Crippen molar-refractivity contribution in [2.24, 2.45) is 0 Å². The Morgan fingerprint density at radius 3 is 2.18 bits per heavy atom. The minimum Gasteiger partial charge on any atom is -0.365 e. The molecular formula is C15H18ClN3O2S. The highest BCUT2D eigenvalue weighted by atomic mass is 35.5. The molecule has 0 saturated carbocycles. The minimum atomic E-state index is -3.65. The van der Waals surface area contributed by atoms with Gasteiger partial charge < -0.3 is 5.32 Å². The van der Waals surface area contributed by atoms with Crippen molar-refractivity contribution in [3.05, 3.63) is 47.6 Å². The summed E-state index contributed by atoms with van der Waals surface area (Å²) in [6.07, 6.45) is 1.47. The van der Waals surface area contributed by atoms with Gasteiger partial charge in [-0.2, -0.15) is 0 Å². The molecule has 5 nitrogen and oxygen atoms in total. The molecule has 0 saturated heterocycles. The third-order valence-electron chi connectivity index (χ3n) is 2.64. The maximum Gasteiger partial charge on any atom is 0.261 e. The second-order valence-corrected chi connectivity index (χ2v) is 7.99. The van der Waals surface area contributed by atoms with Crippen molar-refractivity contribution in [3.63, 3.8) is 0 Å². The molecule has 0 aliphatic carbocycles. The SMILES string of the molecule is CC(C)(C)Nc1ccc(NS(=O)(=O)c2ccc(Cl)cc2)cn1. The molecule has 0 amide bonds. The van der Waals surface area contributed by atoms with Gasteiger partial charge in [0.2, 0.25) is 0 Å². The molecule has 1 aromatic heterocycles. The molecule has 22 heavy (non-hydrogen) atoms. The predicted molar refractivity (Wildman–Crippen MR) is 89.9 cm³/mol. The molecule has 0 fully saturated rings. The Labute approximate surface area is 135 Å². The lowest BCUT2D eigenvalue weighted by atomic mass is 10.1. The van der Waals surface area contributed by atoms with Gasteiger partial charge in [0.15, 0.2) is 0 Å². The predicted octanol–water partition coefficient (Wildman–Crippen LogP) is 3.75. The first-order chi connectivity index (χ1) is 10.2. The van der Waals surface area contributed by atoms with Crippen LogP contribution in [0.15, 0.2) is 47.5 Å². The van der Waals surface area contributed by atoms with Crippen LogP contribution in [0.2, 0.25) is 5.02 Å². The second kappa shape index (κ2) is 6.14. The highest BCUT2D eigenvalue weighted by Gasteiger charge is 2.15. The Morgan fingerprint density at radius 2 is 1.68 bits per heavy atom. The molecule has 0 spiro atoms. The molecule has 2 rings (SSSR count). The Hall–Kier alpha value is -1.79. The number of pyridine rings is 1. The summed E-state index contributed by atoms with van der Waals surface area (Å²) < 4.78 is 26.9. The molecular weight excluding hydrogens is 322 g/mol. The van der Waals surface area contributed by atoms with Gasteiger partial charge in [-0.15, -0.1) is 0 Å². The van der Waals surface area contributed by atoms with E-state index in [1.54, 1.807) is 12.1 Å². The van der Waals surface area contributed by atoms with E-state index in [0.717, 1.165) is 0 Å². The topological polar surface area (TPSA) is 71.1 Å². The average molecular weight is 340 g/mol.